The molecule has 0 saturated carbocycles. The van der Waals surface area contributed by atoms with Crippen LogP contribution < -0.4 is 0 Å². The van der Waals surface area contributed by atoms with Gasteiger partial charge in [-0.25, -0.2) is 4.39 Å². The largest absolute Gasteiger partial charge is 0.391 e. The lowest BCUT2D eigenvalue weighted by molar-refractivity contribution is 0.280. The predicted molar refractivity (Wildman–Crippen MR) is 57.3 cm³/mol. The molecule has 1 aromatic carbocycles. The van der Waals surface area contributed by atoms with E-state index in [0.717, 1.165) is 10.3 Å². The average molecular weight is 231 g/mol. The van der Waals surface area contributed by atoms with Crippen molar-refractivity contribution in [3.63, 3.8) is 0 Å². The Hall–Kier alpha value is -0.640. The summed E-state index contributed by atoms with van der Waals surface area (Å²) in [5.41, 5.74) is 0.776. The summed E-state index contributed by atoms with van der Waals surface area (Å²) < 4.78 is 14.5. The molecule has 1 aromatic heterocycles. The van der Waals surface area contributed by atoms with Gasteiger partial charge in [0.2, 0.25) is 0 Å². The average Bonchev–Trinajstić information content (AvgIpc) is 2.55. The summed E-state index contributed by atoms with van der Waals surface area (Å²) in [5.74, 6) is -0.0423. The molecule has 1 nitrogen and oxygen atoms in total. The Morgan fingerprint density at radius 1 is 1.43 bits per heavy atom. The zero-order valence-electron chi connectivity index (χ0n) is 7.26. The summed E-state index contributed by atoms with van der Waals surface area (Å²) in [7, 11) is 0. The second kappa shape index (κ2) is 3.85. The molecule has 1 heterocycles. The van der Waals surface area contributed by atoms with E-state index in [1.807, 2.05) is 12.1 Å². The fraction of sp³-hybridized carbons (Fsp3) is 0.200. The number of halogens is 2. The highest BCUT2D eigenvalue weighted by Crippen LogP contribution is 2.32. The minimum atomic E-state index is -0.330. The number of alkyl halides is 1. The Labute approximate surface area is 89.7 Å². The second-order valence-electron chi connectivity index (χ2n) is 2.92. The van der Waals surface area contributed by atoms with E-state index in [1.54, 1.807) is 6.07 Å². The Morgan fingerprint density at radius 3 is 2.86 bits per heavy atom. The molecule has 0 radical (unpaired) electrons. The number of rotatable bonds is 2. The molecule has 2 rings (SSSR count). The fourth-order valence-corrected chi connectivity index (χ4v) is 2.65. The van der Waals surface area contributed by atoms with Crippen LogP contribution in [0.5, 0.6) is 0 Å². The Kier molecular flexibility index (Phi) is 2.72. The molecule has 0 fully saturated rings. The Balaban J connectivity index is 2.79. The minimum absolute atomic E-state index is 0.257. The molecular formula is C10H8ClFOS. The summed E-state index contributed by atoms with van der Waals surface area (Å²) in [6.07, 6.45) is 0. The standard InChI is InChI=1S/C10H8ClFOS/c11-4-6-2-1-3-7-9(6)10(12)8(5-13)14-7/h1-3,13H,4-5H2. The first kappa shape index (κ1) is 9.90. The number of aliphatic hydroxyl groups excluding tert-OH is 1. The zero-order chi connectivity index (χ0) is 10.1. The number of hydrogen-bond donors (Lipinski definition) is 1. The molecule has 0 unspecified atom stereocenters. The van der Waals surface area contributed by atoms with Gasteiger partial charge in [-0.15, -0.1) is 22.9 Å². The van der Waals surface area contributed by atoms with E-state index in [2.05, 4.69) is 0 Å². The normalized spacial score (nSPS) is 11.1. The van der Waals surface area contributed by atoms with Gasteiger partial charge in [0.15, 0.2) is 0 Å². The van der Waals surface area contributed by atoms with E-state index in [0.29, 0.717) is 10.3 Å². The highest BCUT2D eigenvalue weighted by molar-refractivity contribution is 7.19. The molecule has 74 valence electrons. The van der Waals surface area contributed by atoms with Gasteiger partial charge in [-0.3, -0.25) is 0 Å². The summed E-state index contributed by atoms with van der Waals surface area (Å²) in [6.45, 7) is -0.257. The maximum absolute atomic E-state index is 13.7. The van der Waals surface area contributed by atoms with Gasteiger partial charge in [0.05, 0.1) is 11.5 Å². The Morgan fingerprint density at radius 2 is 2.21 bits per heavy atom. The third-order valence-corrected chi connectivity index (χ3v) is 3.50. The van der Waals surface area contributed by atoms with Crippen LogP contribution in [0, 0.1) is 5.82 Å². The Bertz CT molecular complexity index is 466. The molecule has 14 heavy (non-hydrogen) atoms. The smallest absolute Gasteiger partial charge is 0.147 e. The van der Waals surface area contributed by atoms with Crippen LogP contribution in [0.25, 0.3) is 10.1 Å². The van der Waals surface area contributed by atoms with E-state index in [9.17, 15) is 4.39 Å². The highest BCUT2D eigenvalue weighted by atomic mass is 35.5. The summed E-state index contributed by atoms with van der Waals surface area (Å²) in [6, 6.07) is 5.47. The van der Waals surface area contributed by atoms with Gasteiger partial charge in [0.25, 0.3) is 0 Å². The molecule has 0 aliphatic rings. The zero-order valence-corrected chi connectivity index (χ0v) is 8.83. The van der Waals surface area contributed by atoms with Crippen molar-refractivity contribution in [3.05, 3.63) is 34.5 Å². The number of aliphatic hydroxyl groups is 1. The van der Waals surface area contributed by atoms with Crippen LogP contribution in [0.2, 0.25) is 0 Å². The lowest BCUT2D eigenvalue weighted by Gasteiger charge is -1.97. The van der Waals surface area contributed by atoms with E-state index in [1.165, 1.54) is 11.3 Å². The van der Waals surface area contributed by atoms with Crippen LogP contribution in [-0.2, 0) is 12.5 Å². The summed E-state index contributed by atoms with van der Waals surface area (Å²) >= 11 is 6.98. The second-order valence-corrected chi connectivity index (χ2v) is 4.33. The van der Waals surface area contributed by atoms with Crippen molar-refractivity contribution in [2.24, 2.45) is 0 Å². The van der Waals surface area contributed by atoms with Gasteiger partial charge in [-0.2, -0.15) is 0 Å². The van der Waals surface area contributed by atoms with Gasteiger partial charge in [-0.05, 0) is 11.6 Å². The number of fused-ring (bicyclic) bond motifs is 1. The van der Waals surface area contributed by atoms with Gasteiger partial charge in [0.1, 0.15) is 5.82 Å². The molecule has 4 heteroatoms. The molecule has 0 amide bonds. The molecule has 0 aliphatic heterocycles. The molecule has 0 saturated heterocycles. The van der Waals surface area contributed by atoms with Crippen LogP contribution in [0.15, 0.2) is 18.2 Å². The summed E-state index contributed by atoms with van der Waals surface area (Å²) in [4.78, 5) is 0.373. The molecule has 0 bridgehead atoms. The first-order chi connectivity index (χ1) is 6.77. The quantitative estimate of drug-likeness (QED) is 0.786. The SMILES string of the molecule is OCc1sc2cccc(CCl)c2c1F. The predicted octanol–water partition coefficient (Wildman–Crippen LogP) is 3.27. The first-order valence-corrected chi connectivity index (χ1v) is 5.48. The van der Waals surface area contributed by atoms with Gasteiger partial charge >= 0.3 is 0 Å². The summed E-state index contributed by atoms with van der Waals surface area (Å²) in [5, 5.41) is 9.47. The fourth-order valence-electron chi connectivity index (χ4n) is 1.44. The minimum Gasteiger partial charge on any atom is -0.391 e. The third-order valence-electron chi connectivity index (χ3n) is 2.10. The van der Waals surface area contributed by atoms with Gasteiger partial charge < -0.3 is 5.11 Å². The van der Waals surface area contributed by atoms with Crippen molar-refractivity contribution in [1.82, 2.24) is 0 Å². The lowest BCUT2D eigenvalue weighted by Crippen LogP contribution is -1.84. The van der Waals surface area contributed by atoms with E-state index in [-0.39, 0.29) is 18.3 Å². The first-order valence-electron chi connectivity index (χ1n) is 4.13. The molecule has 0 aliphatic carbocycles. The highest BCUT2D eigenvalue weighted by Gasteiger charge is 2.13. The van der Waals surface area contributed by atoms with Crippen molar-refractivity contribution < 1.29 is 9.50 Å². The molecule has 1 N–H and O–H groups in total. The van der Waals surface area contributed by atoms with Crippen LogP contribution in [0.3, 0.4) is 0 Å². The topological polar surface area (TPSA) is 20.2 Å². The number of thiophene rings is 1. The molecular weight excluding hydrogens is 223 g/mol. The number of benzene rings is 1. The van der Waals surface area contributed by atoms with Crippen molar-refractivity contribution in [3.8, 4) is 0 Å². The van der Waals surface area contributed by atoms with Crippen molar-refractivity contribution in [2.45, 2.75) is 12.5 Å². The maximum atomic E-state index is 13.7. The van der Waals surface area contributed by atoms with Crippen molar-refractivity contribution in [2.75, 3.05) is 0 Å². The van der Waals surface area contributed by atoms with Crippen molar-refractivity contribution >= 4 is 33.0 Å². The van der Waals surface area contributed by atoms with Crippen molar-refractivity contribution in [1.29, 1.82) is 0 Å². The third kappa shape index (κ3) is 1.41. The van der Waals surface area contributed by atoms with E-state index >= 15 is 0 Å². The molecule has 0 spiro atoms. The lowest BCUT2D eigenvalue weighted by atomic mass is 10.1. The van der Waals surface area contributed by atoms with Gasteiger partial charge in [-0.1, -0.05) is 12.1 Å². The van der Waals surface area contributed by atoms with Crippen LogP contribution in [0.1, 0.15) is 10.4 Å². The maximum Gasteiger partial charge on any atom is 0.147 e. The van der Waals surface area contributed by atoms with E-state index < -0.39 is 0 Å². The monoisotopic (exact) mass is 230 g/mol. The molecule has 2 aromatic rings. The van der Waals surface area contributed by atoms with Gasteiger partial charge in [0, 0.05) is 16.0 Å². The van der Waals surface area contributed by atoms with Crippen LogP contribution in [0.4, 0.5) is 4.39 Å². The van der Waals surface area contributed by atoms with Crippen LogP contribution >= 0.6 is 22.9 Å². The van der Waals surface area contributed by atoms with Crippen LogP contribution in [-0.4, -0.2) is 5.11 Å². The number of hydrogen-bond acceptors (Lipinski definition) is 2. The molecule has 0 atom stereocenters. The van der Waals surface area contributed by atoms with E-state index in [4.69, 9.17) is 16.7 Å².